The van der Waals surface area contributed by atoms with Crippen molar-refractivity contribution in [1.29, 1.82) is 0 Å². The highest BCUT2D eigenvalue weighted by Crippen LogP contribution is 2.30. The maximum Gasteiger partial charge on any atom is 0.134 e. The first-order valence-electron chi connectivity index (χ1n) is 6.21. The van der Waals surface area contributed by atoms with E-state index < -0.39 is 0 Å². The van der Waals surface area contributed by atoms with Crippen molar-refractivity contribution in [1.82, 2.24) is 5.32 Å². The average Bonchev–Trinajstić information content (AvgIpc) is 2.68. The number of aryl methyl sites for hydroxylation is 1. The summed E-state index contributed by atoms with van der Waals surface area (Å²) in [5.41, 5.74) is 1.69. The molecule has 1 aromatic carbocycles. The minimum Gasteiger partial charge on any atom is -0.459 e. The molecule has 0 aliphatic heterocycles. The van der Waals surface area contributed by atoms with E-state index >= 15 is 0 Å². The molecule has 0 spiro atoms. The van der Waals surface area contributed by atoms with Crippen LogP contribution >= 0.6 is 0 Å². The van der Waals surface area contributed by atoms with Crippen LogP contribution in [-0.4, -0.2) is 6.54 Å². The molecular weight excluding hydrogens is 229 g/mol. The molecule has 2 aromatic rings. The third-order valence-corrected chi connectivity index (χ3v) is 3.07. The Labute approximate surface area is 106 Å². The highest BCUT2D eigenvalue weighted by molar-refractivity contribution is 5.82. The maximum absolute atomic E-state index is 13.2. The van der Waals surface area contributed by atoms with Gasteiger partial charge in [0.05, 0.1) is 6.04 Å². The van der Waals surface area contributed by atoms with E-state index in [9.17, 15) is 4.39 Å². The summed E-state index contributed by atoms with van der Waals surface area (Å²) in [4.78, 5) is 0. The Kier molecular flexibility index (Phi) is 3.82. The molecule has 0 aliphatic carbocycles. The van der Waals surface area contributed by atoms with Gasteiger partial charge in [-0.2, -0.15) is 0 Å². The van der Waals surface area contributed by atoms with E-state index in [1.807, 2.05) is 13.0 Å². The molecule has 96 valence electrons. The Morgan fingerprint density at radius 1 is 1.50 bits per heavy atom. The molecule has 3 heteroatoms. The third-order valence-electron chi connectivity index (χ3n) is 3.07. The molecule has 1 unspecified atom stereocenters. The van der Waals surface area contributed by atoms with Gasteiger partial charge in [-0.3, -0.25) is 0 Å². The average molecular weight is 247 g/mol. The molecule has 2 nitrogen and oxygen atoms in total. The second-order valence-corrected chi connectivity index (χ2v) is 4.40. The van der Waals surface area contributed by atoms with Gasteiger partial charge in [0.15, 0.2) is 0 Å². The van der Waals surface area contributed by atoms with Crippen molar-refractivity contribution in [3.63, 3.8) is 0 Å². The summed E-state index contributed by atoms with van der Waals surface area (Å²) in [7, 11) is 0. The Hall–Kier alpha value is -1.61. The van der Waals surface area contributed by atoms with Gasteiger partial charge in [-0.15, -0.1) is 6.58 Å². The van der Waals surface area contributed by atoms with Crippen LogP contribution in [0.5, 0.6) is 0 Å². The van der Waals surface area contributed by atoms with Crippen molar-refractivity contribution in [2.24, 2.45) is 0 Å². The quantitative estimate of drug-likeness (QED) is 0.804. The van der Waals surface area contributed by atoms with Gasteiger partial charge in [-0.05, 0) is 38.1 Å². The molecule has 1 atom stereocenters. The largest absolute Gasteiger partial charge is 0.459 e. The van der Waals surface area contributed by atoms with Crippen LogP contribution < -0.4 is 5.32 Å². The highest BCUT2D eigenvalue weighted by atomic mass is 19.1. The Balaban J connectivity index is 2.43. The molecule has 0 radical (unpaired) electrons. The molecule has 0 amide bonds. The van der Waals surface area contributed by atoms with Crippen molar-refractivity contribution in [3.05, 3.63) is 48.0 Å². The number of fused-ring (bicyclic) bond motifs is 1. The Bertz CT molecular complexity index is 559. The Morgan fingerprint density at radius 3 is 2.94 bits per heavy atom. The maximum atomic E-state index is 13.2. The molecule has 0 saturated carbocycles. The number of halogens is 1. The van der Waals surface area contributed by atoms with E-state index in [1.54, 1.807) is 6.07 Å². The molecule has 0 bridgehead atoms. The predicted molar refractivity (Wildman–Crippen MR) is 72.1 cm³/mol. The standard InChI is InChI=1S/C15H18FNO/c1-4-8-17-13(5-2)15-10(3)12-9-11(16)6-7-14(12)18-15/h5-7,9,13,17H,2,4,8H2,1,3H3. The monoisotopic (exact) mass is 247 g/mol. The van der Waals surface area contributed by atoms with Crippen molar-refractivity contribution < 1.29 is 8.81 Å². The van der Waals surface area contributed by atoms with E-state index in [1.165, 1.54) is 12.1 Å². The zero-order chi connectivity index (χ0) is 13.1. The summed E-state index contributed by atoms with van der Waals surface area (Å²) < 4.78 is 19.0. The zero-order valence-electron chi connectivity index (χ0n) is 10.8. The first-order chi connectivity index (χ1) is 8.67. The first kappa shape index (κ1) is 12.8. The van der Waals surface area contributed by atoms with Gasteiger partial charge in [-0.25, -0.2) is 4.39 Å². The van der Waals surface area contributed by atoms with Gasteiger partial charge >= 0.3 is 0 Å². The van der Waals surface area contributed by atoms with E-state index in [2.05, 4.69) is 18.8 Å². The lowest BCUT2D eigenvalue weighted by atomic mass is 10.1. The number of nitrogens with one attached hydrogen (secondary N) is 1. The summed E-state index contributed by atoms with van der Waals surface area (Å²) in [5.74, 6) is 0.577. The van der Waals surface area contributed by atoms with Gasteiger partial charge < -0.3 is 9.73 Å². The topological polar surface area (TPSA) is 25.2 Å². The fourth-order valence-electron chi connectivity index (χ4n) is 2.09. The molecule has 2 rings (SSSR count). The van der Waals surface area contributed by atoms with Crippen molar-refractivity contribution >= 4 is 11.0 Å². The second-order valence-electron chi connectivity index (χ2n) is 4.40. The lowest BCUT2D eigenvalue weighted by Crippen LogP contribution is -2.20. The molecule has 1 aromatic heterocycles. The summed E-state index contributed by atoms with van der Waals surface area (Å²) in [6.07, 6.45) is 2.86. The number of hydrogen-bond acceptors (Lipinski definition) is 2. The van der Waals surface area contributed by atoms with Gasteiger partial charge in [0.2, 0.25) is 0 Å². The van der Waals surface area contributed by atoms with Gasteiger partial charge in [-0.1, -0.05) is 13.0 Å². The van der Waals surface area contributed by atoms with Crippen LogP contribution in [0.4, 0.5) is 4.39 Å². The van der Waals surface area contributed by atoms with Crippen LogP contribution in [-0.2, 0) is 0 Å². The fraction of sp³-hybridized carbons (Fsp3) is 0.333. The van der Waals surface area contributed by atoms with Crippen LogP contribution in [0.1, 0.15) is 30.7 Å². The minimum atomic E-state index is -0.241. The SMILES string of the molecule is C=CC(NCCC)c1oc2ccc(F)cc2c1C. The predicted octanol–water partition coefficient (Wildman–Crippen LogP) is 4.11. The minimum absolute atomic E-state index is 0.0274. The molecule has 0 saturated heterocycles. The third kappa shape index (κ3) is 2.31. The second kappa shape index (κ2) is 5.36. The highest BCUT2D eigenvalue weighted by Gasteiger charge is 2.17. The zero-order valence-corrected chi connectivity index (χ0v) is 10.8. The number of rotatable bonds is 5. The molecule has 1 N–H and O–H groups in total. The van der Waals surface area contributed by atoms with E-state index in [0.29, 0.717) is 5.58 Å². The number of hydrogen-bond donors (Lipinski definition) is 1. The number of benzene rings is 1. The van der Waals surface area contributed by atoms with E-state index in [4.69, 9.17) is 4.42 Å². The van der Waals surface area contributed by atoms with Gasteiger partial charge in [0.25, 0.3) is 0 Å². The lowest BCUT2D eigenvalue weighted by Gasteiger charge is -2.12. The van der Waals surface area contributed by atoms with Crippen molar-refractivity contribution in [3.8, 4) is 0 Å². The van der Waals surface area contributed by atoms with Crippen molar-refractivity contribution in [2.45, 2.75) is 26.3 Å². The van der Waals surface area contributed by atoms with Crippen LogP contribution in [0.3, 0.4) is 0 Å². The normalized spacial score (nSPS) is 12.8. The van der Waals surface area contributed by atoms with Gasteiger partial charge in [0.1, 0.15) is 17.2 Å². The van der Waals surface area contributed by atoms with Gasteiger partial charge in [0, 0.05) is 10.9 Å². The molecular formula is C15H18FNO. The van der Waals surface area contributed by atoms with Crippen LogP contribution in [0.15, 0.2) is 35.3 Å². The van der Waals surface area contributed by atoms with Crippen LogP contribution in [0.25, 0.3) is 11.0 Å². The fourth-order valence-corrected chi connectivity index (χ4v) is 2.09. The van der Waals surface area contributed by atoms with Crippen LogP contribution in [0.2, 0.25) is 0 Å². The Morgan fingerprint density at radius 2 is 2.28 bits per heavy atom. The lowest BCUT2D eigenvalue weighted by molar-refractivity contribution is 0.474. The summed E-state index contributed by atoms with van der Waals surface area (Å²) in [6.45, 7) is 8.77. The molecule has 1 heterocycles. The van der Waals surface area contributed by atoms with Crippen LogP contribution in [0, 0.1) is 12.7 Å². The summed E-state index contributed by atoms with van der Waals surface area (Å²) in [6, 6.07) is 4.57. The number of furan rings is 1. The first-order valence-corrected chi connectivity index (χ1v) is 6.21. The molecule has 0 fully saturated rings. The smallest absolute Gasteiger partial charge is 0.134 e. The summed E-state index contributed by atoms with van der Waals surface area (Å²) in [5, 5.41) is 4.18. The summed E-state index contributed by atoms with van der Waals surface area (Å²) >= 11 is 0. The van der Waals surface area contributed by atoms with E-state index in [0.717, 1.165) is 29.7 Å². The van der Waals surface area contributed by atoms with Crippen molar-refractivity contribution in [2.75, 3.05) is 6.54 Å². The van der Waals surface area contributed by atoms with E-state index in [-0.39, 0.29) is 11.9 Å². The molecule has 0 aliphatic rings. The molecule has 18 heavy (non-hydrogen) atoms.